The molecule has 1 unspecified atom stereocenters. The molecule has 1 heterocycles. The van der Waals surface area contributed by atoms with E-state index in [0.29, 0.717) is 17.9 Å². The van der Waals surface area contributed by atoms with E-state index in [1.165, 1.54) is 0 Å². The Morgan fingerprint density at radius 2 is 1.95 bits per heavy atom. The number of nitrogens with zero attached hydrogens (tertiary/aromatic N) is 1. The highest BCUT2D eigenvalue weighted by atomic mass is 35.5. The maximum absolute atomic E-state index is 13.0. The van der Waals surface area contributed by atoms with E-state index in [4.69, 9.17) is 16.1 Å². The monoisotopic (exact) mass is 295 g/mol. The summed E-state index contributed by atoms with van der Waals surface area (Å²) < 4.78 is 18.5. The fourth-order valence-corrected chi connectivity index (χ4v) is 4.06. The third-order valence-corrected chi connectivity index (χ3v) is 5.43. The zero-order valence-electron chi connectivity index (χ0n) is 10.6. The highest BCUT2D eigenvalue weighted by Gasteiger charge is 2.25. The number of pyridine rings is 1. The molecular weight excluding hydrogens is 281 g/mol. The van der Waals surface area contributed by atoms with E-state index in [1.54, 1.807) is 12.3 Å². The first-order chi connectivity index (χ1) is 9.14. The quantitative estimate of drug-likeness (QED) is 0.621. The number of hydrogen-bond acceptors (Lipinski definition) is 3. The minimum atomic E-state index is -2.89. The van der Waals surface area contributed by atoms with Crippen molar-refractivity contribution in [3.8, 4) is 0 Å². The summed E-state index contributed by atoms with van der Waals surface area (Å²) in [5.41, 5.74) is 0.852. The Kier molecular flexibility index (Phi) is 4.76. The van der Waals surface area contributed by atoms with Crippen molar-refractivity contribution < 1.29 is 9.09 Å². The van der Waals surface area contributed by atoms with Crippen LogP contribution >= 0.6 is 19.0 Å². The molecule has 0 N–H and O–H groups in total. The molecule has 0 fully saturated rings. The highest BCUT2D eigenvalue weighted by molar-refractivity contribution is 7.66. The summed E-state index contributed by atoms with van der Waals surface area (Å²) in [4.78, 5) is 4.01. The summed E-state index contributed by atoms with van der Waals surface area (Å²) in [6.07, 6.45) is 1.96. The molecule has 1 atom stereocenters. The lowest BCUT2D eigenvalue weighted by atomic mass is 10.3. The van der Waals surface area contributed by atoms with Crippen molar-refractivity contribution in [2.75, 3.05) is 6.61 Å². The van der Waals surface area contributed by atoms with Crippen LogP contribution in [0.1, 0.15) is 12.5 Å². The van der Waals surface area contributed by atoms with Crippen LogP contribution in [0, 0.1) is 0 Å². The van der Waals surface area contributed by atoms with E-state index in [0.717, 1.165) is 10.9 Å². The lowest BCUT2D eigenvalue weighted by Crippen LogP contribution is -2.09. The van der Waals surface area contributed by atoms with Crippen LogP contribution in [0.25, 0.3) is 0 Å². The first kappa shape index (κ1) is 14.3. The number of halogens is 1. The SMILES string of the molecule is CCOP(=O)(Cc1ccc(Cl)nc1)c1ccccc1. The molecule has 0 spiro atoms. The number of hydrogen-bond donors (Lipinski definition) is 0. The fourth-order valence-electron chi connectivity index (χ4n) is 1.82. The predicted molar refractivity (Wildman–Crippen MR) is 78.3 cm³/mol. The van der Waals surface area contributed by atoms with Crippen LogP contribution < -0.4 is 5.30 Å². The lowest BCUT2D eigenvalue weighted by Gasteiger charge is -2.18. The number of benzene rings is 1. The van der Waals surface area contributed by atoms with Crippen molar-refractivity contribution in [1.29, 1.82) is 0 Å². The highest BCUT2D eigenvalue weighted by Crippen LogP contribution is 2.48. The van der Waals surface area contributed by atoms with Gasteiger partial charge in [0, 0.05) is 11.5 Å². The van der Waals surface area contributed by atoms with Crippen LogP contribution in [0.15, 0.2) is 48.7 Å². The molecule has 3 nitrogen and oxygen atoms in total. The van der Waals surface area contributed by atoms with E-state index in [9.17, 15) is 4.57 Å². The molecule has 2 rings (SSSR count). The molecule has 2 aromatic rings. The van der Waals surface area contributed by atoms with Crippen molar-refractivity contribution >= 4 is 24.3 Å². The summed E-state index contributed by atoms with van der Waals surface area (Å²) in [5.74, 6) is 0. The van der Waals surface area contributed by atoms with E-state index in [1.807, 2.05) is 43.3 Å². The molecule has 5 heteroatoms. The molecule has 0 saturated carbocycles. The molecule has 1 aromatic heterocycles. The van der Waals surface area contributed by atoms with Gasteiger partial charge in [-0.2, -0.15) is 0 Å². The first-order valence-electron chi connectivity index (χ1n) is 6.04. The van der Waals surface area contributed by atoms with Gasteiger partial charge in [0.15, 0.2) is 0 Å². The second kappa shape index (κ2) is 6.33. The maximum atomic E-state index is 13.0. The summed E-state index contributed by atoms with van der Waals surface area (Å²) in [5, 5.41) is 1.15. The predicted octanol–water partition coefficient (Wildman–Crippen LogP) is 3.88. The number of aromatic nitrogens is 1. The van der Waals surface area contributed by atoms with Crippen molar-refractivity contribution in [2.45, 2.75) is 13.1 Å². The minimum absolute atomic E-state index is 0.328. The maximum Gasteiger partial charge on any atom is 0.236 e. The van der Waals surface area contributed by atoms with Crippen molar-refractivity contribution in [1.82, 2.24) is 4.98 Å². The van der Waals surface area contributed by atoms with E-state index >= 15 is 0 Å². The second-order valence-corrected chi connectivity index (χ2v) is 6.90. The topological polar surface area (TPSA) is 39.2 Å². The van der Waals surface area contributed by atoms with E-state index in [2.05, 4.69) is 4.98 Å². The van der Waals surface area contributed by atoms with E-state index in [-0.39, 0.29) is 0 Å². The zero-order valence-corrected chi connectivity index (χ0v) is 12.3. The van der Waals surface area contributed by atoms with Crippen molar-refractivity contribution in [2.24, 2.45) is 0 Å². The summed E-state index contributed by atoms with van der Waals surface area (Å²) in [6, 6.07) is 12.8. The van der Waals surface area contributed by atoms with Gasteiger partial charge in [-0.1, -0.05) is 35.9 Å². The Bertz CT molecular complexity index is 572. The van der Waals surface area contributed by atoms with Crippen LogP contribution in [0.4, 0.5) is 0 Å². The third-order valence-electron chi connectivity index (χ3n) is 2.67. The summed E-state index contributed by atoms with van der Waals surface area (Å²) in [7, 11) is -2.89. The standard InChI is InChI=1S/C14H15ClNO2P/c1-2-18-19(17,13-6-4-3-5-7-13)11-12-8-9-14(15)16-10-12/h3-10H,2,11H2,1H3. The second-order valence-electron chi connectivity index (χ2n) is 4.07. The summed E-state index contributed by atoms with van der Waals surface area (Å²) in [6.45, 7) is 2.25. The molecular formula is C14H15ClNO2P. The van der Waals surface area contributed by atoms with Gasteiger partial charge in [0.2, 0.25) is 7.37 Å². The lowest BCUT2D eigenvalue weighted by molar-refractivity contribution is 0.340. The van der Waals surface area contributed by atoms with Gasteiger partial charge in [-0.3, -0.25) is 4.57 Å². The van der Waals surface area contributed by atoms with Gasteiger partial charge in [-0.25, -0.2) is 4.98 Å². The third kappa shape index (κ3) is 3.66. The molecule has 0 aliphatic rings. The smallest absolute Gasteiger partial charge is 0.236 e. The Hall–Kier alpha value is -1.15. The Labute approximate surface area is 118 Å². The fraction of sp³-hybridized carbons (Fsp3) is 0.214. The Balaban J connectivity index is 2.30. The zero-order chi connectivity index (χ0) is 13.7. The molecule has 1 aromatic carbocycles. The minimum Gasteiger partial charge on any atom is -0.325 e. The van der Waals surface area contributed by atoms with Gasteiger partial charge in [0.05, 0.1) is 12.8 Å². The molecule has 0 aliphatic carbocycles. The Morgan fingerprint density at radius 3 is 2.53 bits per heavy atom. The molecule has 0 amide bonds. The van der Waals surface area contributed by atoms with Crippen molar-refractivity contribution in [3.05, 3.63) is 59.4 Å². The molecule has 19 heavy (non-hydrogen) atoms. The molecule has 100 valence electrons. The van der Waals surface area contributed by atoms with Gasteiger partial charge in [0.1, 0.15) is 5.15 Å². The molecule has 0 saturated heterocycles. The molecule has 0 bridgehead atoms. The largest absolute Gasteiger partial charge is 0.325 e. The van der Waals surface area contributed by atoms with E-state index < -0.39 is 7.37 Å². The van der Waals surface area contributed by atoms with Gasteiger partial charge in [-0.15, -0.1) is 0 Å². The average molecular weight is 296 g/mol. The van der Waals surface area contributed by atoms with Gasteiger partial charge in [0.25, 0.3) is 0 Å². The van der Waals surface area contributed by atoms with Crippen LogP contribution in [0.3, 0.4) is 0 Å². The van der Waals surface area contributed by atoms with Crippen molar-refractivity contribution in [3.63, 3.8) is 0 Å². The van der Waals surface area contributed by atoms with Crippen LogP contribution in [0.2, 0.25) is 5.15 Å². The average Bonchev–Trinajstić information content (AvgIpc) is 2.43. The van der Waals surface area contributed by atoms with Gasteiger partial charge < -0.3 is 4.52 Å². The molecule has 0 radical (unpaired) electrons. The van der Waals surface area contributed by atoms with Crippen LogP contribution in [0.5, 0.6) is 0 Å². The van der Waals surface area contributed by atoms with Crippen LogP contribution in [-0.2, 0) is 15.3 Å². The number of rotatable bonds is 5. The summed E-state index contributed by atoms with van der Waals surface area (Å²) >= 11 is 5.75. The van der Waals surface area contributed by atoms with Gasteiger partial charge in [-0.05, 0) is 30.7 Å². The molecule has 0 aliphatic heterocycles. The normalized spacial score (nSPS) is 14.0. The van der Waals surface area contributed by atoms with Crippen LogP contribution in [-0.4, -0.2) is 11.6 Å². The Morgan fingerprint density at radius 1 is 1.21 bits per heavy atom. The van der Waals surface area contributed by atoms with Gasteiger partial charge >= 0.3 is 0 Å². The first-order valence-corrected chi connectivity index (χ1v) is 8.22.